The minimum absolute atomic E-state index is 0.0371. The van der Waals surface area contributed by atoms with Crippen LogP contribution in [0.4, 0.5) is 0 Å². The Bertz CT molecular complexity index is 163. The largest absolute Gasteiger partial charge is 0.381 e. The zero-order valence-electron chi connectivity index (χ0n) is 9.38. The molecule has 0 saturated heterocycles. The topological polar surface area (TPSA) is 18.5 Å². The molecule has 0 aromatic heterocycles. The maximum Gasteiger partial charge on any atom is 0.0726 e. The maximum atomic E-state index is 6.02. The maximum absolute atomic E-state index is 6.02. The van der Waals surface area contributed by atoms with E-state index in [4.69, 9.17) is 9.47 Å². The van der Waals surface area contributed by atoms with E-state index in [9.17, 15) is 0 Å². The van der Waals surface area contributed by atoms with Crippen molar-refractivity contribution >= 4 is 15.9 Å². The number of methoxy groups -OCH3 is 1. The third-order valence-electron chi connectivity index (χ3n) is 2.76. The number of hydrogen-bond donors (Lipinski definition) is 0. The molecule has 1 aliphatic carbocycles. The Morgan fingerprint density at radius 1 is 1.14 bits per heavy atom. The van der Waals surface area contributed by atoms with E-state index in [1.807, 2.05) is 0 Å². The van der Waals surface area contributed by atoms with E-state index in [2.05, 4.69) is 29.8 Å². The third-order valence-corrected chi connectivity index (χ3v) is 4.11. The van der Waals surface area contributed by atoms with Crippen molar-refractivity contribution in [1.82, 2.24) is 0 Å². The van der Waals surface area contributed by atoms with Gasteiger partial charge in [0.2, 0.25) is 0 Å². The number of rotatable bonds is 4. The summed E-state index contributed by atoms with van der Waals surface area (Å²) in [7, 11) is 1.80. The predicted octanol–water partition coefficient (Wildman–Crippen LogP) is 3.13. The van der Waals surface area contributed by atoms with Crippen LogP contribution in [-0.4, -0.2) is 30.2 Å². The fraction of sp³-hybridized carbons (Fsp3) is 1.00. The number of alkyl halides is 1. The molecule has 1 aliphatic rings. The SMILES string of the molecule is COC1CCC(OC(C)(C)CBr)CC1. The van der Waals surface area contributed by atoms with E-state index in [1.165, 1.54) is 0 Å². The minimum atomic E-state index is -0.0371. The lowest BCUT2D eigenvalue weighted by atomic mass is 9.94. The molecule has 0 radical (unpaired) electrons. The first-order valence-electron chi connectivity index (χ1n) is 5.34. The van der Waals surface area contributed by atoms with Crippen molar-refractivity contribution in [3.63, 3.8) is 0 Å². The van der Waals surface area contributed by atoms with Crippen LogP contribution >= 0.6 is 15.9 Å². The van der Waals surface area contributed by atoms with Crippen LogP contribution in [0.3, 0.4) is 0 Å². The van der Waals surface area contributed by atoms with Crippen LogP contribution < -0.4 is 0 Å². The van der Waals surface area contributed by atoms with E-state index in [0.717, 1.165) is 31.0 Å². The van der Waals surface area contributed by atoms with Gasteiger partial charge in [0, 0.05) is 12.4 Å². The fourth-order valence-electron chi connectivity index (χ4n) is 1.87. The van der Waals surface area contributed by atoms with Gasteiger partial charge < -0.3 is 9.47 Å². The van der Waals surface area contributed by atoms with Gasteiger partial charge in [0.25, 0.3) is 0 Å². The number of ether oxygens (including phenoxy) is 2. The Labute approximate surface area is 95.5 Å². The molecular formula is C11H21BrO2. The highest BCUT2D eigenvalue weighted by Crippen LogP contribution is 2.27. The number of hydrogen-bond acceptors (Lipinski definition) is 2. The van der Waals surface area contributed by atoms with E-state index in [-0.39, 0.29) is 5.60 Å². The Balaban J connectivity index is 2.28. The summed E-state index contributed by atoms with van der Waals surface area (Å²) in [6.07, 6.45) is 5.43. The highest BCUT2D eigenvalue weighted by Gasteiger charge is 2.27. The van der Waals surface area contributed by atoms with E-state index in [1.54, 1.807) is 7.11 Å². The highest BCUT2D eigenvalue weighted by molar-refractivity contribution is 9.09. The van der Waals surface area contributed by atoms with Gasteiger partial charge in [-0.1, -0.05) is 15.9 Å². The van der Waals surface area contributed by atoms with Crippen LogP contribution in [0, 0.1) is 0 Å². The summed E-state index contributed by atoms with van der Waals surface area (Å²) < 4.78 is 11.3. The molecule has 0 unspecified atom stereocenters. The third kappa shape index (κ3) is 3.87. The van der Waals surface area contributed by atoms with Crippen LogP contribution in [0.25, 0.3) is 0 Å². The average molecular weight is 265 g/mol. The van der Waals surface area contributed by atoms with Crippen LogP contribution in [0.5, 0.6) is 0 Å². The first-order valence-corrected chi connectivity index (χ1v) is 6.46. The van der Waals surface area contributed by atoms with E-state index >= 15 is 0 Å². The van der Waals surface area contributed by atoms with Crippen molar-refractivity contribution in [2.75, 3.05) is 12.4 Å². The summed E-state index contributed by atoms with van der Waals surface area (Å²) in [4.78, 5) is 0. The lowest BCUT2D eigenvalue weighted by molar-refractivity contribution is -0.0860. The van der Waals surface area contributed by atoms with Gasteiger partial charge >= 0.3 is 0 Å². The fourth-order valence-corrected chi connectivity index (χ4v) is 2.00. The van der Waals surface area contributed by atoms with E-state index in [0.29, 0.717) is 12.2 Å². The molecule has 0 atom stereocenters. The van der Waals surface area contributed by atoms with Crippen molar-refractivity contribution in [3.8, 4) is 0 Å². The first-order chi connectivity index (χ1) is 6.57. The average Bonchev–Trinajstić information content (AvgIpc) is 2.19. The molecule has 0 bridgehead atoms. The molecule has 1 rings (SSSR count). The van der Waals surface area contributed by atoms with Crippen molar-refractivity contribution < 1.29 is 9.47 Å². The molecule has 84 valence electrons. The van der Waals surface area contributed by atoms with Crippen molar-refractivity contribution in [2.24, 2.45) is 0 Å². The zero-order valence-corrected chi connectivity index (χ0v) is 11.0. The zero-order chi connectivity index (χ0) is 10.6. The molecule has 0 spiro atoms. The van der Waals surface area contributed by atoms with Crippen LogP contribution in [-0.2, 0) is 9.47 Å². The summed E-state index contributed by atoms with van der Waals surface area (Å²) in [5, 5.41) is 0.893. The van der Waals surface area contributed by atoms with Gasteiger partial charge in [-0.2, -0.15) is 0 Å². The summed E-state index contributed by atoms with van der Waals surface area (Å²) in [5.41, 5.74) is -0.0371. The second kappa shape index (κ2) is 5.47. The first kappa shape index (κ1) is 12.5. The molecule has 1 fully saturated rings. The van der Waals surface area contributed by atoms with Crippen molar-refractivity contribution in [3.05, 3.63) is 0 Å². The summed E-state index contributed by atoms with van der Waals surface area (Å²) in [6, 6.07) is 0. The predicted molar refractivity (Wildman–Crippen MR) is 62.0 cm³/mol. The second-order valence-electron chi connectivity index (χ2n) is 4.65. The molecule has 2 nitrogen and oxygen atoms in total. The standard InChI is InChI=1S/C11H21BrO2/c1-11(2,8-12)14-10-6-4-9(13-3)5-7-10/h9-10H,4-8H2,1-3H3. The smallest absolute Gasteiger partial charge is 0.0726 e. The van der Waals surface area contributed by atoms with Crippen LogP contribution in [0.2, 0.25) is 0 Å². The van der Waals surface area contributed by atoms with Crippen LogP contribution in [0.1, 0.15) is 39.5 Å². The van der Waals surface area contributed by atoms with Gasteiger partial charge in [-0.3, -0.25) is 0 Å². The van der Waals surface area contributed by atoms with Gasteiger partial charge in [-0.15, -0.1) is 0 Å². The lowest BCUT2D eigenvalue weighted by Crippen LogP contribution is -2.35. The Morgan fingerprint density at radius 2 is 1.64 bits per heavy atom. The molecule has 0 aromatic carbocycles. The molecule has 0 aliphatic heterocycles. The summed E-state index contributed by atoms with van der Waals surface area (Å²) in [5.74, 6) is 0. The summed E-state index contributed by atoms with van der Waals surface area (Å²) in [6.45, 7) is 4.26. The Hall–Kier alpha value is 0.400. The van der Waals surface area contributed by atoms with Gasteiger partial charge in [0.1, 0.15) is 0 Å². The quantitative estimate of drug-likeness (QED) is 0.727. The summed E-state index contributed by atoms with van der Waals surface area (Å²) >= 11 is 3.47. The molecule has 0 N–H and O–H groups in total. The molecule has 1 saturated carbocycles. The van der Waals surface area contributed by atoms with Crippen LogP contribution in [0.15, 0.2) is 0 Å². The second-order valence-corrected chi connectivity index (χ2v) is 5.21. The molecule has 3 heteroatoms. The highest BCUT2D eigenvalue weighted by atomic mass is 79.9. The van der Waals surface area contributed by atoms with Gasteiger partial charge in [0.15, 0.2) is 0 Å². The molecule has 14 heavy (non-hydrogen) atoms. The monoisotopic (exact) mass is 264 g/mol. The molecular weight excluding hydrogens is 244 g/mol. The van der Waals surface area contributed by atoms with Gasteiger partial charge in [-0.05, 0) is 39.5 Å². The van der Waals surface area contributed by atoms with E-state index < -0.39 is 0 Å². The molecule has 0 aromatic rings. The van der Waals surface area contributed by atoms with Gasteiger partial charge in [-0.25, -0.2) is 0 Å². The lowest BCUT2D eigenvalue weighted by Gasteiger charge is -2.33. The Morgan fingerprint density at radius 3 is 2.07 bits per heavy atom. The van der Waals surface area contributed by atoms with Crippen molar-refractivity contribution in [1.29, 1.82) is 0 Å². The normalized spacial score (nSPS) is 29.1. The van der Waals surface area contributed by atoms with Crippen molar-refractivity contribution in [2.45, 2.75) is 57.3 Å². The molecule has 0 amide bonds. The number of halogens is 1. The molecule has 0 heterocycles. The minimum Gasteiger partial charge on any atom is -0.381 e. The Kier molecular flexibility index (Phi) is 4.88. The van der Waals surface area contributed by atoms with Gasteiger partial charge in [0.05, 0.1) is 17.8 Å².